The lowest BCUT2D eigenvalue weighted by Gasteiger charge is -2.19. The Morgan fingerprint density at radius 2 is 2.13 bits per heavy atom. The summed E-state index contributed by atoms with van der Waals surface area (Å²) in [4.78, 5) is 11.2. The van der Waals surface area contributed by atoms with Gasteiger partial charge >= 0.3 is 5.97 Å². The van der Waals surface area contributed by atoms with Gasteiger partial charge in [-0.15, -0.1) is 0 Å². The summed E-state index contributed by atoms with van der Waals surface area (Å²) in [7, 11) is 0. The fourth-order valence-electron chi connectivity index (χ4n) is 1.81. The molecule has 0 spiro atoms. The number of hydrogen-bond donors (Lipinski definition) is 1. The number of carboxylic acid groups (broad SMARTS) is 1. The zero-order chi connectivity index (χ0) is 11.4. The van der Waals surface area contributed by atoms with Crippen LogP contribution in [0.1, 0.15) is 37.3 Å². The van der Waals surface area contributed by atoms with Gasteiger partial charge in [-0.3, -0.25) is 4.79 Å². The summed E-state index contributed by atoms with van der Waals surface area (Å²) in [6, 6.07) is 7.77. The third-order valence-corrected chi connectivity index (χ3v) is 2.88. The maximum atomic E-state index is 11.2. The summed E-state index contributed by atoms with van der Waals surface area (Å²) >= 11 is 0. The molecule has 0 aliphatic heterocycles. The predicted molar refractivity (Wildman–Crippen MR) is 61.0 cm³/mol. The van der Waals surface area contributed by atoms with Crippen molar-refractivity contribution in [3.05, 3.63) is 35.4 Å². The van der Waals surface area contributed by atoms with E-state index in [4.69, 9.17) is 0 Å². The van der Waals surface area contributed by atoms with Gasteiger partial charge in [0, 0.05) is 0 Å². The number of carbonyl (C=O) groups is 1. The van der Waals surface area contributed by atoms with Crippen molar-refractivity contribution in [2.24, 2.45) is 5.92 Å². The second-order valence-corrected chi connectivity index (χ2v) is 4.12. The first-order valence-corrected chi connectivity index (χ1v) is 5.35. The van der Waals surface area contributed by atoms with Gasteiger partial charge in [0.05, 0.1) is 5.92 Å². The van der Waals surface area contributed by atoms with Gasteiger partial charge in [0.1, 0.15) is 0 Å². The lowest BCUT2D eigenvalue weighted by atomic mass is 9.85. The van der Waals surface area contributed by atoms with Crippen LogP contribution in [0.5, 0.6) is 0 Å². The number of benzene rings is 1. The van der Waals surface area contributed by atoms with Gasteiger partial charge in [-0.1, -0.05) is 50.1 Å². The highest BCUT2D eigenvalue weighted by Crippen LogP contribution is 2.27. The predicted octanol–water partition coefficient (Wildman–Crippen LogP) is 3.21. The van der Waals surface area contributed by atoms with Gasteiger partial charge < -0.3 is 5.11 Å². The number of rotatable bonds is 4. The van der Waals surface area contributed by atoms with E-state index in [1.165, 1.54) is 0 Å². The van der Waals surface area contributed by atoms with Gasteiger partial charge in [0.15, 0.2) is 0 Å². The van der Waals surface area contributed by atoms with Gasteiger partial charge in [-0.25, -0.2) is 0 Å². The molecule has 2 heteroatoms. The van der Waals surface area contributed by atoms with E-state index in [1.807, 2.05) is 45.0 Å². The molecule has 15 heavy (non-hydrogen) atoms. The van der Waals surface area contributed by atoms with Crippen molar-refractivity contribution < 1.29 is 9.90 Å². The molecule has 0 amide bonds. The first-order chi connectivity index (χ1) is 7.06. The first kappa shape index (κ1) is 11.8. The molecule has 0 saturated heterocycles. The zero-order valence-corrected chi connectivity index (χ0v) is 9.53. The average Bonchev–Trinajstić information content (AvgIpc) is 2.17. The molecule has 0 radical (unpaired) electrons. The Balaban J connectivity index is 3.04. The zero-order valence-electron chi connectivity index (χ0n) is 9.53. The molecule has 0 fully saturated rings. The van der Waals surface area contributed by atoms with E-state index >= 15 is 0 Å². The summed E-state index contributed by atoms with van der Waals surface area (Å²) in [5, 5.41) is 9.22. The maximum absolute atomic E-state index is 11.2. The van der Waals surface area contributed by atoms with E-state index in [9.17, 15) is 9.90 Å². The third kappa shape index (κ3) is 2.82. The van der Waals surface area contributed by atoms with Gasteiger partial charge in [-0.05, 0) is 18.4 Å². The van der Waals surface area contributed by atoms with Gasteiger partial charge in [0.25, 0.3) is 0 Å². The fourth-order valence-corrected chi connectivity index (χ4v) is 1.81. The minimum atomic E-state index is -0.727. The molecule has 2 atom stereocenters. The Bertz CT molecular complexity index is 344. The van der Waals surface area contributed by atoms with E-state index < -0.39 is 5.97 Å². The lowest BCUT2D eigenvalue weighted by molar-refractivity contribution is -0.140. The van der Waals surface area contributed by atoms with Crippen LogP contribution in [0.3, 0.4) is 0 Å². The normalized spacial score (nSPS) is 14.6. The summed E-state index contributed by atoms with van der Waals surface area (Å²) in [6.07, 6.45) is 0.880. The van der Waals surface area contributed by atoms with Crippen molar-refractivity contribution in [2.75, 3.05) is 0 Å². The Kier molecular flexibility index (Phi) is 3.89. The standard InChI is InChI=1S/C13H18O2/c1-4-10(3)12(13(14)15)11-7-5-6-9(2)8-11/h5-8,10,12H,4H2,1-3H3,(H,14,15). The van der Waals surface area contributed by atoms with Crippen molar-refractivity contribution in [1.29, 1.82) is 0 Å². The van der Waals surface area contributed by atoms with E-state index in [0.29, 0.717) is 0 Å². The van der Waals surface area contributed by atoms with E-state index in [2.05, 4.69) is 0 Å². The Hall–Kier alpha value is -1.31. The Morgan fingerprint density at radius 1 is 1.47 bits per heavy atom. The number of hydrogen-bond acceptors (Lipinski definition) is 1. The smallest absolute Gasteiger partial charge is 0.311 e. The molecule has 1 aromatic rings. The molecular weight excluding hydrogens is 188 g/mol. The van der Waals surface area contributed by atoms with E-state index in [1.54, 1.807) is 0 Å². The SMILES string of the molecule is CCC(C)C(C(=O)O)c1cccc(C)c1. The molecular formula is C13H18O2. The summed E-state index contributed by atoms with van der Waals surface area (Å²) in [5.41, 5.74) is 2.03. The Labute approximate surface area is 90.9 Å². The molecule has 1 N–H and O–H groups in total. The Morgan fingerprint density at radius 3 is 2.60 bits per heavy atom. The molecule has 0 aromatic heterocycles. The van der Waals surface area contributed by atoms with E-state index in [-0.39, 0.29) is 11.8 Å². The molecule has 0 bridgehead atoms. The van der Waals surface area contributed by atoms with Crippen LogP contribution in [0.15, 0.2) is 24.3 Å². The van der Waals surface area contributed by atoms with Crippen molar-refractivity contribution >= 4 is 5.97 Å². The summed E-state index contributed by atoms with van der Waals surface area (Å²) in [6.45, 7) is 6.00. The topological polar surface area (TPSA) is 37.3 Å². The monoisotopic (exact) mass is 206 g/mol. The highest BCUT2D eigenvalue weighted by Gasteiger charge is 2.25. The van der Waals surface area contributed by atoms with Crippen molar-refractivity contribution in [3.8, 4) is 0 Å². The van der Waals surface area contributed by atoms with Crippen LogP contribution in [-0.4, -0.2) is 11.1 Å². The minimum absolute atomic E-state index is 0.171. The quantitative estimate of drug-likeness (QED) is 0.821. The molecule has 2 nitrogen and oxygen atoms in total. The molecule has 0 aliphatic rings. The van der Waals surface area contributed by atoms with Crippen molar-refractivity contribution in [1.82, 2.24) is 0 Å². The molecule has 1 aromatic carbocycles. The molecule has 2 unspecified atom stereocenters. The van der Waals surface area contributed by atoms with E-state index in [0.717, 1.165) is 17.5 Å². The van der Waals surface area contributed by atoms with Crippen LogP contribution in [0.2, 0.25) is 0 Å². The van der Waals surface area contributed by atoms with Gasteiger partial charge in [-0.2, -0.15) is 0 Å². The average molecular weight is 206 g/mol. The second-order valence-electron chi connectivity index (χ2n) is 4.12. The molecule has 0 saturated carbocycles. The van der Waals surface area contributed by atoms with Crippen LogP contribution >= 0.6 is 0 Å². The molecule has 82 valence electrons. The highest BCUT2D eigenvalue weighted by molar-refractivity contribution is 5.76. The summed E-state index contributed by atoms with van der Waals surface area (Å²) < 4.78 is 0. The van der Waals surface area contributed by atoms with Crippen LogP contribution in [0.25, 0.3) is 0 Å². The van der Waals surface area contributed by atoms with Crippen LogP contribution in [0, 0.1) is 12.8 Å². The molecule has 0 heterocycles. The number of aryl methyl sites for hydroxylation is 1. The van der Waals surface area contributed by atoms with Crippen molar-refractivity contribution in [3.63, 3.8) is 0 Å². The van der Waals surface area contributed by atoms with Crippen LogP contribution in [0.4, 0.5) is 0 Å². The minimum Gasteiger partial charge on any atom is -0.481 e. The molecule has 1 rings (SSSR count). The largest absolute Gasteiger partial charge is 0.481 e. The van der Waals surface area contributed by atoms with Crippen LogP contribution in [-0.2, 0) is 4.79 Å². The third-order valence-electron chi connectivity index (χ3n) is 2.88. The first-order valence-electron chi connectivity index (χ1n) is 5.35. The number of carboxylic acids is 1. The lowest BCUT2D eigenvalue weighted by Crippen LogP contribution is -2.19. The van der Waals surface area contributed by atoms with Crippen LogP contribution < -0.4 is 0 Å². The number of aliphatic carboxylic acids is 1. The van der Waals surface area contributed by atoms with Crippen molar-refractivity contribution in [2.45, 2.75) is 33.1 Å². The second kappa shape index (κ2) is 4.96. The summed E-state index contributed by atoms with van der Waals surface area (Å²) in [5.74, 6) is -0.936. The van der Waals surface area contributed by atoms with Gasteiger partial charge in [0.2, 0.25) is 0 Å². The highest BCUT2D eigenvalue weighted by atomic mass is 16.4. The maximum Gasteiger partial charge on any atom is 0.311 e. The fraction of sp³-hybridized carbons (Fsp3) is 0.462. The molecule has 0 aliphatic carbocycles.